The van der Waals surface area contributed by atoms with Gasteiger partial charge in [-0.15, -0.1) is 0 Å². The van der Waals surface area contributed by atoms with Gasteiger partial charge in [0.2, 0.25) is 5.91 Å². The zero-order chi connectivity index (χ0) is 17.0. The van der Waals surface area contributed by atoms with Gasteiger partial charge in [0.25, 0.3) is 0 Å². The van der Waals surface area contributed by atoms with Crippen molar-refractivity contribution >= 4 is 15.7 Å². The molecule has 0 unspecified atom stereocenters. The fourth-order valence-corrected chi connectivity index (χ4v) is 4.85. The molecule has 0 aliphatic carbocycles. The summed E-state index contributed by atoms with van der Waals surface area (Å²) in [6.07, 6.45) is 1.19. The van der Waals surface area contributed by atoms with Gasteiger partial charge in [0.1, 0.15) is 5.75 Å². The Morgan fingerprint density at radius 2 is 2.00 bits per heavy atom. The van der Waals surface area contributed by atoms with Crippen LogP contribution < -0.4 is 4.74 Å². The number of carbonyl (C=O) groups is 1. The highest BCUT2D eigenvalue weighted by Crippen LogP contribution is 2.23. The van der Waals surface area contributed by atoms with Gasteiger partial charge in [-0.3, -0.25) is 4.79 Å². The second-order valence-electron chi connectivity index (χ2n) is 6.13. The standard InChI is InChI=1S/C17H25NO4S/c1-4-18(17(19)15-9-10-23(20,21)12-15)13(2)11-14-5-7-16(22-3)8-6-14/h5-8,13,15H,4,9-12H2,1-3H3/t13-,15+/m1/s1. The van der Waals surface area contributed by atoms with Crippen LogP contribution in [-0.2, 0) is 21.1 Å². The first-order valence-corrected chi connectivity index (χ1v) is 9.82. The molecule has 2 rings (SSSR count). The molecule has 1 saturated heterocycles. The second-order valence-corrected chi connectivity index (χ2v) is 8.35. The topological polar surface area (TPSA) is 63.7 Å². The SMILES string of the molecule is CCN(C(=O)[C@H]1CCS(=O)(=O)C1)[C@H](C)Cc1ccc(OC)cc1. The third-order valence-electron chi connectivity index (χ3n) is 4.43. The number of amides is 1. The van der Waals surface area contributed by atoms with E-state index in [1.54, 1.807) is 12.0 Å². The zero-order valence-electron chi connectivity index (χ0n) is 14.0. The van der Waals surface area contributed by atoms with Crippen molar-refractivity contribution < 1.29 is 17.9 Å². The molecule has 128 valence electrons. The number of hydrogen-bond acceptors (Lipinski definition) is 4. The van der Waals surface area contributed by atoms with Gasteiger partial charge >= 0.3 is 0 Å². The van der Waals surface area contributed by atoms with E-state index in [-0.39, 0.29) is 29.4 Å². The lowest BCUT2D eigenvalue weighted by Gasteiger charge is -2.30. The van der Waals surface area contributed by atoms with E-state index in [0.717, 1.165) is 17.7 Å². The van der Waals surface area contributed by atoms with Crippen molar-refractivity contribution in [2.24, 2.45) is 5.92 Å². The van der Waals surface area contributed by atoms with Gasteiger partial charge in [0.05, 0.1) is 24.5 Å². The van der Waals surface area contributed by atoms with Crippen LogP contribution in [-0.4, -0.2) is 50.4 Å². The third-order valence-corrected chi connectivity index (χ3v) is 6.20. The summed E-state index contributed by atoms with van der Waals surface area (Å²) in [6, 6.07) is 7.83. The van der Waals surface area contributed by atoms with Crippen LogP contribution in [0.5, 0.6) is 5.75 Å². The summed E-state index contributed by atoms with van der Waals surface area (Å²) >= 11 is 0. The summed E-state index contributed by atoms with van der Waals surface area (Å²) in [5, 5.41) is 0. The second kappa shape index (κ2) is 7.34. The van der Waals surface area contributed by atoms with Crippen molar-refractivity contribution in [3.63, 3.8) is 0 Å². The van der Waals surface area contributed by atoms with Crippen LogP contribution in [0.1, 0.15) is 25.8 Å². The van der Waals surface area contributed by atoms with Crippen molar-refractivity contribution in [1.29, 1.82) is 0 Å². The molecule has 23 heavy (non-hydrogen) atoms. The highest BCUT2D eigenvalue weighted by molar-refractivity contribution is 7.91. The average Bonchev–Trinajstić information content (AvgIpc) is 2.89. The lowest BCUT2D eigenvalue weighted by molar-refractivity contribution is -0.136. The number of benzene rings is 1. The maximum Gasteiger partial charge on any atom is 0.226 e. The minimum absolute atomic E-state index is 0.00239. The Bertz CT molecular complexity index is 639. The molecule has 0 radical (unpaired) electrons. The fraction of sp³-hybridized carbons (Fsp3) is 0.588. The van der Waals surface area contributed by atoms with E-state index in [1.165, 1.54) is 0 Å². The normalized spacial score (nSPS) is 20.9. The van der Waals surface area contributed by atoms with E-state index in [2.05, 4.69) is 0 Å². The van der Waals surface area contributed by atoms with E-state index in [0.29, 0.717) is 13.0 Å². The molecule has 0 aromatic heterocycles. The number of methoxy groups -OCH3 is 1. The van der Waals surface area contributed by atoms with Crippen molar-refractivity contribution in [1.82, 2.24) is 4.90 Å². The Morgan fingerprint density at radius 3 is 2.48 bits per heavy atom. The Morgan fingerprint density at radius 1 is 1.35 bits per heavy atom. The Labute approximate surface area is 138 Å². The van der Waals surface area contributed by atoms with Crippen LogP contribution in [0, 0.1) is 5.92 Å². The van der Waals surface area contributed by atoms with E-state index >= 15 is 0 Å². The summed E-state index contributed by atoms with van der Waals surface area (Å²) in [7, 11) is -1.41. The van der Waals surface area contributed by atoms with Gasteiger partial charge < -0.3 is 9.64 Å². The molecule has 0 spiro atoms. The molecule has 1 amide bonds. The number of sulfone groups is 1. The zero-order valence-corrected chi connectivity index (χ0v) is 14.8. The molecule has 1 fully saturated rings. The Balaban J connectivity index is 2.02. The highest BCUT2D eigenvalue weighted by Gasteiger charge is 2.36. The smallest absolute Gasteiger partial charge is 0.226 e. The van der Waals surface area contributed by atoms with E-state index in [9.17, 15) is 13.2 Å². The maximum absolute atomic E-state index is 12.6. The molecular formula is C17H25NO4S. The molecular weight excluding hydrogens is 314 g/mol. The van der Waals surface area contributed by atoms with Crippen molar-refractivity contribution in [2.45, 2.75) is 32.7 Å². The predicted molar refractivity (Wildman–Crippen MR) is 90.3 cm³/mol. The lowest BCUT2D eigenvalue weighted by atomic mass is 10.0. The first-order valence-electron chi connectivity index (χ1n) is 8.00. The number of rotatable bonds is 6. The number of likely N-dealkylation sites (N-methyl/N-ethyl adjacent to an activating group) is 1. The van der Waals surface area contributed by atoms with Gasteiger partial charge in [-0.1, -0.05) is 12.1 Å². The molecule has 1 aliphatic heterocycles. The molecule has 2 atom stereocenters. The predicted octanol–water partition coefficient (Wildman–Crippen LogP) is 1.91. The largest absolute Gasteiger partial charge is 0.497 e. The van der Waals surface area contributed by atoms with Crippen molar-refractivity contribution in [3.8, 4) is 5.75 Å². The maximum atomic E-state index is 12.6. The first-order chi connectivity index (χ1) is 10.9. The molecule has 1 aromatic carbocycles. The molecule has 5 nitrogen and oxygen atoms in total. The average molecular weight is 339 g/mol. The molecule has 1 aromatic rings. The molecule has 1 heterocycles. The van der Waals surface area contributed by atoms with Crippen LogP contribution in [0.2, 0.25) is 0 Å². The minimum Gasteiger partial charge on any atom is -0.497 e. The molecule has 0 N–H and O–H groups in total. The monoisotopic (exact) mass is 339 g/mol. The Kier molecular flexibility index (Phi) is 5.68. The van der Waals surface area contributed by atoms with Crippen LogP contribution in [0.4, 0.5) is 0 Å². The Hall–Kier alpha value is -1.56. The highest BCUT2D eigenvalue weighted by atomic mass is 32.2. The molecule has 1 aliphatic rings. The lowest BCUT2D eigenvalue weighted by Crippen LogP contribution is -2.43. The van der Waals surface area contributed by atoms with Gasteiger partial charge in [0.15, 0.2) is 9.84 Å². The minimum atomic E-state index is -3.04. The first kappa shape index (κ1) is 17.8. The van der Waals surface area contributed by atoms with Gasteiger partial charge in [-0.25, -0.2) is 8.42 Å². The van der Waals surface area contributed by atoms with E-state index in [1.807, 2.05) is 38.1 Å². The molecule has 6 heteroatoms. The van der Waals surface area contributed by atoms with Crippen LogP contribution in [0.25, 0.3) is 0 Å². The molecule has 0 saturated carbocycles. The van der Waals surface area contributed by atoms with E-state index in [4.69, 9.17) is 4.74 Å². The number of hydrogen-bond donors (Lipinski definition) is 0. The third kappa shape index (κ3) is 4.47. The van der Waals surface area contributed by atoms with Crippen molar-refractivity contribution in [2.75, 3.05) is 25.2 Å². The van der Waals surface area contributed by atoms with Crippen LogP contribution >= 0.6 is 0 Å². The molecule has 0 bridgehead atoms. The number of ether oxygens (including phenoxy) is 1. The number of nitrogens with zero attached hydrogens (tertiary/aromatic N) is 1. The van der Waals surface area contributed by atoms with Crippen LogP contribution in [0.3, 0.4) is 0 Å². The summed E-state index contributed by atoms with van der Waals surface area (Å²) in [5.74, 6) is 0.527. The summed E-state index contributed by atoms with van der Waals surface area (Å²) in [4.78, 5) is 14.4. The van der Waals surface area contributed by atoms with E-state index < -0.39 is 9.84 Å². The van der Waals surface area contributed by atoms with Crippen LogP contribution in [0.15, 0.2) is 24.3 Å². The summed E-state index contributed by atoms with van der Waals surface area (Å²) in [6.45, 7) is 4.54. The summed E-state index contributed by atoms with van der Waals surface area (Å²) < 4.78 is 28.3. The number of carbonyl (C=O) groups excluding carboxylic acids is 1. The van der Waals surface area contributed by atoms with Crippen molar-refractivity contribution in [3.05, 3.63) is 29.8 Å². The van der Waals surface area contributed by atoms with Gasteiger partial charge in [0, 0.05) is 12.6 Å². The van der Waals surface area contributed by atoms with Gasteiger partial charge in [-0.2, -0.15) is 0 Å². The quantitative estimate of drug-likeness (QED) is 0.794. The van der Waals surface area contributed by atoms with Gasteiger partial charge in [-0.05, 0) is 44.4 Å². The summed E-state index contributed by atoms with van der Waals surface area (Å²) in [5.41, 5.74) is 1.13. The fourth-order valence-electron chi connectivity index (χ4n) is 3.12.